The zero-order valence-electron chi connectivity index (χ0n) is 10.3. The standard InChI is InChI=1S/C12H18N4O2/c1-8-4-9(6-15-5-8)16(12(17)18)11-2-3-14-7-10(11)13/h2-3,7-9,15H,4-6,13H2,1H3,(H,17,18). The van der Waals surface area contributed by atoms with E-state index in [1.165, 1.54) is 11.1 Å². The Morgan fingerprint density at radius 2 is 2.39 bits per heavy atom. The van der Waals surface area contributed by atoms with Crippen molar-refractivity contribution < 1.29 is 9.90 Å². The van der Waals surface area contributed by atoms with Gasteiger partial charge in [0.25, 0.3) is 0 Å². The number of nitrogens with two attached hydrogens (primary N) is 1. The summed E-state index contributed by atoms with van der Waals surface area (Å²) >= 11 is 0. The lowest BCUT2D eigenvalue weighted by Gasteiger charge is -2.35. The van der Waals surface area contributed by atoms with Crippen molar-refractivity contribution in [2.45, 2.75) is 19.4 Å². The van der Waals surface area contributed by atoms with Crippen LogP contribution in [0.3, 0.4) is 0 Å². The first-order chi connectivity index (χ1) is 8.59. The fraction of sp³-hybridized carbons (Fsp3) is 0.500. The predicted octanol–water partition coefficient (Wildman–Crippen LogP) is 1.15. The molecule has 2 unspecified atom stereocenters. The molecule has 2 heterocycles. The number of amides is 1. The highest BCUT2D eigenvalue weighted by Gasteiger charge is 2.30. The molecule has 0 aliphatic carbocycles. The molecular formula is C12H18N4O2. The van der Waals surface area contributed by atoms with Crippen molar-refractivity contribution in [1.82, 2.24) is 10.3 Å². The number of carbonyl (C=O) groups is 1. The van der Waals surface area contributed by atoms with Gasteiger partial charge in [-0.25, -0.2) is 4.79 Å². The third kappa shape index (κ3) is 2.53. The van der Waals surface area contributed by atoms with Gasteiger partial charge < -0.3 is 16.2 Å². The van der Waals surface area contributed by atoms with Crippen LogP contribution in [0.1, 0.15) is 13.3 Å². The Morgan fingerprint density at radius 1 is 1.61 bits per heavy atom. The van der Waals surface area contributed by atoms with Crippen LogP contribution in [0.25, 0.3) is 0 Å². The molecule has 4 N–H and O–H groups in total. The number of rotatable bonds is 2. The summed E-state index contributed by atoms with van der Waals surface area (Å²) in [5.41, 5.74) is 6.71. The van der Waals surface area contributed by atoms with Crippen molar-refractivity contribution in [3.63, 3.8) is 0 Å². The highest BCUT2D eigenvalue weighted by Crippen LogP contribution is 2.27. The summed E-state index contributed by atoms with van der Waals surface area (Å²) in [6.07, 6.45) is 2.89. The zero-order chi connectivity index (χ0) is 13.1. The van der Waals surface area contributed by atoms with Gasteiger partial charge >= 0.3 is 6.09 Å². The summed E-state index contributed by atoms with van der Waals surface area (Å²) in [7, 11) is 0. The molecule has 1 fully saturated rings. The molecule has 1 aromatic heterocycles. The zero-order valence-corrected chi connectivity index (χ0v) is 10.3. The lowest BCUT2D eigenvalue weighted by atomic mass is 9.96. The minimum absolute atomic E-state index is 0.0871. The van der Waals surface area contributed by atoms with E-state index in [9.17, 15) is 9.90 Å². The molecule has 0 spiro atoms. The predicted molar refractivity (Wildman–Crippen MR) is 69.6 cm³/mol. The fourth-order valence-corrected chi connectivity index (χ4v) is 2.40. The third-order valence-electron chi connectivity index (χ3n) is 3.21. The van der Waals surface area contributed by atoms with Gasteiger partial charge in [0.05, 0.1) is 23.6 Å². The molecule has 6 heteroatoms. The monoisotopic (exact) mass is 250 g/mol. The van der Waals surface area contributed by atoms with E-state index < -0.39 is 6.09 Å². The highest BCUT2D eigenvalue weighted by atomic mass is 16.4. The van der Waals surface area contributed by atoms with E-state index >= 15 is 0 Å². The summed E-state index contributed by atoms with van der Waals surface area (Å²) in [6.45, 7) is 3.68. The minimum atomic E-state index is -0.978. The number of hydrogen-bond donors (Lipinski definition) is 3. The van der Waals surface area contributed by atoms with Gasteiger partial charge in [-0.05, 0) is 24.9 Å². The Hall–Kier alpha value is -1.82. The molecule has 18 heavy (non-hydrogen) atoms. The molecule has 6 nitrogen and oxygen atoms in total. The average Bonchev–Trinajstić information content (AvgIpc) is 2.32. The van der Waals surface area contributed by atoms with Crippen molar-refractivity contribution in [1.29, 1.82) is 0 Å². The van der Waals surface area contributed by atoms with Gasteiger partial charge in [0.2, 0.25) is 0 Å². The number of anilines is 2. The van der Waals surface area contributed by atoms with E-state index in [0.717, 1.165) is 13.0 Å². The Morgan fingerprint density at radius 3 is 3.00 bits per heavy atom. The van der Waals surface area contributed by atoms with E-state index in [2.05, 4.69) is 17.2 Å². The summed E-state index contributed by atoms with van der Waals surface area (Å²) in [5, 5.41) is 12.7. The molecular weight excluding hydrogens is 232 g/mol. The number of nitrogens with zero attached hydrogens (tertiary/aromatic N) is 2. The number of pyridine rings is 1. The second-order valence-corrected chi connectivity index (χ2v) is 4.74. The molecule has 1 aliphatic heterocycles. The van der Waals surface area contributed by atoms with Crippen molar-refractivity contribution in [3.8, 4) is 0 Å². The molecule has 0 bridgehead atoms. The SMILES string of the molecule is CC1CNCC(N(C(=O)O)c2ccncc2N)C1. The second kappa shape index (κ2) is 5.22. The average molecular weight is 250 g/mol. The summed E-state index contributed by atoms with van der Waals surface area (Å²) in [4.78, 5) is 16.7. The highest BCUT2D eigenvalue weighted by molar-refractivity contribution is 5.90. The normalized spacial score (nSPS) is 23.6. The van der Waals surface area contributed by atoms with E-state index in [4.69, 9.17) is 5.73 Å². The topological polar surface area (TPSA) is 91.5 Å². The lowest BCUT2D eigenvalue weighted by molar-refractivity contribution is 0.195. The minimum Gasteiger partial charge on any atom is -0.465 e. The third-order valence-corrected chi connectivity index (χ3v) is 3.21. The number of nitrogens with one attached hydrogen (secondary N) is 1. The molecule has 1 aliphatic rings. The molecule has 1 saturated heterocycles. The fourth-order valence-electron chi connectivity index (χ4n) is 2.40. The van der Waals surface area contributed by atoms with Gasteiger partial charge in [0, 0.05) is 12.7 Å². The van der Waals surface area contributed by atoms with Crippen molar-refractivity contribution in [3.05, 3.63) is 18.5 Å². The molecule has 0 radical (unpaired) electrons. The first kappa shape index (κ1) is 12.6. The Labute approximate surface area is 106 Å². The van der Waals surface area contributed by atoms with E-state index in [0.29, 0.717) is 23.8 Å². The van der Waals surface area contributed by atoms with Crippen LogP contribution in [-0.2, 0) is 0 Å². The summed E-state index contributed by atoms with van der Waals surface area (Å²) in [6, 6.07) is 1.55. The second-order valence-electron chi connectivity index (χ2n) is 4.74. The van der Waals surface area contributed by atoms with Crippen LogP contribution in [0.2, 0.25) is 0 Å². The maximum Gasteiger partial charge on any atom is 0.412 e. The van der Waals surface area contributed by atoms with Gasteiger partial charge in [-0.2, -0.15) is 0 Å². The van der Waals surface area contributed by atoms with Crippen LogP contribution >= 0.6 is 0 Å². The van der Waals surface area contributed by atoms with E-state index in [-0.39, 0.29) is 6.04 Å². The van der Waals surface area contributed by atoms with Gasteiger partial charge in [-0.1, -0.05) is 6.92 Å². The van der Waals surface area contributed by atoms with Crippen molar-refractivity contribution in [2.75, 3.05) is 23.7 Å². The van der Waals surface area contributed by atoms with Crippen LogP contribution in [0.15, 0.2) is 18.5 Å². The molecule has 2 rings (SSSR count). The quantitative estimate of drug-likeness (QED) is 0.732. The van der Waals surface area contributed by atoms with Gasteiger partial charge in [-0.15, -0.1) is 0 Å². The Kier molecular flexibility index (Phi) is 3.66. The van der Waals surface area contributed by atoms with Crippen molar-refractivity contribution >= 4 is 17.5 Å². The molecule has 1 amide bonds. The summed E-state index contributed by atoms with van der Waals surface area (Å²) in [5.74, 6) is 0.452. The smallest absolute Gasteiger partial charge is 0.412 e. The van der Waals surface area contributed by atoms with Crippen LogP contribution in [-0.4, -0.2) is 35.3 Å². The largest absolute Gasteiger partial charge is 0.465 e. The van der Waals surface area contributed by atoms with E-state index in [1.54, 1.807) is 12.3 Å². The Balaban J connectivity index is 2.28. The van der Waals surface area contributed by atoms with Crippen LogP contribution < -0.4 is 16.0 Å². The molecule has 1 aromatic rings. The van der Waals surface area contributed by atoms with Crippen molar-refractivity contribution in [2.24, 2.45) is 5.92 Å². The summed E-state index contributed by atoms with van der Waals surface area (Å²) < 4.78 is 0. The van der Waals surface area contributed by atoms with Crippen LogP contribution in [0.5, 0.6) is 0 Å². The Bertz CT molecular complexity index is 438. The molecule has 0 saturated carbocycles. The first-order valence-electron chi connectivity index (χ1n) is 6.02. The van der Waals surface area contributed by atoms with Crippen LogP contribution in [0, 0.1) is 5.92 Å². The maximum absolute atomic E-state index is 11.5. The van der Waals surface area contributed by atoms with E-state index in [1.807, 2.05) is 0 Å². The number of nitrogen functional groups attached to an aromatic ring is 1. The maximum atomic E-state index is 11.5. The lowest BCUT2D eigenvalue weighted by Crippen LogP contribution is -2.51. The number of piperidine rings is 1. The van der Waals surface area contributed by atoms with Gasteiger partial charge in [0.15, 0.2) is 0 Å². The van der Waals surface area contributed by atoms with Crippen LogP contribution in [0.4, 0.5) is 16.2 Å². The molecule has 2 atom stereocenters. The number of carboxylic acid groups (broad SMARTS) is 1. The molecule has 98 valence electrons. The first-order valence-corrected chi connectivity index (χ1v) is 6.02. The van der Waals surface area contributed by atoms with Gasteiger partial charge in [-0.3, -0.25) is 9.88 Å². The van der Waals surface area contributed by atoms with Gasteiger partial charge in [0.1, 0.15) is 0 Å². The number of hydrogen-bond acceptors (Lipinski definition) is 4. The molecule has 0 aromatic carbocycles. The number of aromatic nitrogens is 1.